The van der Waals surface area contributed by atoms with E-state index in [1.54, 1.807) is 7.11 Å². The van der Waals surface area contributed by atoms with E-state index in [-0.39, 0.29) is 11.5 Å². The predicted octanol–water partition coefficient (Wildman–Crippen LogP) is 3.68. The molecule has 5 nitrogen and oxygen atoms in total. The first-order chi connectivity index (χ1) is 12.6. The molecule has 0 saturated carbocycles. The lowest BCUT2D eigenvalue weighted by atomic mass is 9.57. The number of nitrogens with two attached hydrogens (primary N) is 1. The van der Waals surface area contributed by atoms with E-state index < -0.39 is 11.3 Å². The molecular weight excluding hydrogens is 324 g/mol. The second kappa shape index (κ2) is 6.95. The Balaban J connectivity index is 2.28. The van der Waals surface area contributed by atoms with Crippen molar-refractivity contribution in [2.75, 3.05) is 7.11 Å². The van der Waals surface area contributed by atoms with Crippen LogP contribution in [0, 0.1) is 45.3 Å². The zero-order chi connectivity index (χ0) is 18.7. The fourth-order valence-electron chi connectivity index (χ4n) is 4.26. The molecule has 0 saturated heterocycles. The van der Waals surface area contributed by atoms with Gasteiger partial charge < -0.3 is 10.5 Å². The standard InChI is InChI=1S/C21H20N4O/c1-26-15-9-7-14(8-10-15)19-16-5-3-2-4-6-17(16)20(25)18(11-22)21(19,12-23)13-24/h6-10,16,19H,2-5,25H2,1H3/t16-,19+/m0/s1. The molecule has 0 unspecified atom stereocenters. The largest absolute Gasteiger partial charge is 0.497 e. The normalized spacial score (nSPS) is 24.2. The fraction of sp³-hybridized carbons (Fsp3) is 0.381. The molecule has 0 aromatic heterocycles. The van der Waals surface area contributed by atoms with Crippen molar-refractivity contribution >= 4 is 0 Å². The number of allylic oxidation sites excluding steroid dienone is 3. The van der Waals surface area contributed by atoms with Crippen LogP contribution in [-0.4, -0.2) is 7.11 Å². The van der Waals surface area contributed by atoms with Crippen LogP contribution in [0.5, 0.6) is 5.75 Å². The summed E-state index contributed by atoms with van der Waals surface area (Å²) in [5, 5.41) is 29.7. The number of nitrogens with zero attached hydrogens (tertiary/aromatic N) is 3. The van der Waals surface area contributed by atoms with Crippen molar-refractivity contribution in [2.45, 2.75) is 31.6 Å². The highest BCUT2D eigenvalue weighted by atomic mass is 16.5. The van der Waals surface area contributed by atoms with Crippen LogP contribution in [0.3, 0.4) is 0 Å². The topological polar surface area (TPSA) is 107 Å². The fourth-order valence-corrected chi connectivity index (χ4v) is 4.26. The summed E-state index contributed by atoms with van der Waals surface area (Å²) in [5.41, 5.74) is 6.87. The lowest BCUT2D eigenvalue weighted by molar-refractivity contribution is 0.333. The molecule has 0 spiro atoms. The molecule has 0 radical (unpaired) electrons. The minimum Gasteiger partial charge on any atom is -0.497 e. The van der Waals surface area contributed by atoms with Crippen LogP contribution in [0.1, 0.15) is 37.2 Å². The van der Waals surface area contributed by atoms with Crippen LogP contribution in [0.4, 0.5) is 0 Å². The van der Waals surface area contributed by atoms with Crippen molar-refractivity contribution in [3.63, 3.8) is 0 Å². The molecular formula is C21H20N4O. The Labute approximate surface area is 153 Å². The molecule has 1 aromatic carbocycles. The molecule has 2 N–H and O–H groups in total. The quantitative estimate of drug-likeness (QED) is 0.880. The second-order valence-corrected chi connectivity index (χ2v) is 6.73. The molecule has 2 atom stereocenters. The SMILES string of the molecule is COc1ccc([C@@H]2[C@H]3CCCCC=C3C(N)=C(C#N)C2(C#N)C#N)cc1. The minimum atomic E-state index is -1.58. The van der Waals surface area contributed by atoms with E-state index in [4.69, 9.17) is 10.5 Å². The number of ether oxygens (including phenoxy) is 1. The number of methoxy groups -OCH3 is 1. The number of nitriles is 3. The monoisotopic (exact) mass is 344 g/mol. The first-order valence-corrected chi connectivity index (χ1v) is 8.70. The molecule has 130 valence electrons. The summed E-state index contributed by atoms with van der Waals surface area (Å²) in [6.07, 6.45) is 5.86. The van der Waals surface area contributed by atoms with Gasteiger partial charge in [0.05, 0.1) is 36.6 Å². The summed E-state index contributed by atoms with van der Waals surface area (Å²) in [5.74, 6) is 0.216. The van der Waals surface area contributed by atoms with E-state index in [1.807, 2.05) is 24.3 Å². The third-order valence-corrected chi connectivity index (χ3v) is 5.52. The smallest absolute Gasteiger partial charge is 0.187 e. The van der Waals surface area contributed by atoms with Crippen molar-refractivity contribution in [2.24, 2.45) is 17.1 Å². The van der Waals surface area contributed by atoms with Gasteiger partial charge >= 0.3 is 0 Å². The van der Waals surface area contributed by atoms with Crippen molar-refractivity contribution in [1.82, 2.24) is 0 Å². The summed E-state index contributed by atoms with van der Waals surface area (Å²) < 4.78 is 5.22. The molecule has 2 aliphatic carbocycles. The number of hydrogen-bond acceptors (Lipinski definition) is 5. The van der Waals surface area contributed by atoms with E-state index in [0.29, 0.717) is 11.4 Å². The number of hydrogen-bond donors (Lipinski definition) is 1. The Hall–Kier alpha value is -3.23. The molecule has 3 rings (SSSR count). The minimum absolute atomic E-state index is 0.0534. The van der Waals surface area contributed by atoms with Gasteiger partial charge in [0.2, 0.25) is 0 Å². The first-order valence-electron chi connectivity index (χ1n) is 8.70. The van der Waals surface area contributed by atoms with Crippen molar-refractivity contribution < 1.29 is 4.74 Å². The van der Waals surface area contributed by atoms with Gasteiger partial charge in [-0.3, -0.25) is 0 Å². The molecule has 0 bridgehead atoms. The van der Waals surface area contributed by atoms with Crippen molar-refractivity contribution in [1.29, 1.82) is 15.8 Å². The predicted molar refractivity (Wildman–Crippen MR) is 96.3 cm³/mol. The van der Waals surface area contributed by atoms with Crippen LogP contribution in [0.25, 0.3) is 0 Å². The third-order valence-electron chi connectivity index (χ3n) is 5.52. The summed E-state index contributed by atoms with van der Waals surface area (Å²) in [4.78, 5) is 0. The lowest BCUT2D eigenvalue weighted by Crippen LogP contribution is -2.40. The Bertz CT molecular complexity index is 876. The van der Waals surface area contributed by atoms with Crippen LogP contribution in [0.15, 0.2) is 47.2 Å². The van der Waals surface area contributed by atoms with Gasteiger partial charge in [-0.25, -0.2) is 0 Å². The van der Waals surface area contributed by atoms with Crippen LogP contribution < -0.4 is 10.5 Å². The Kier molecular flexibility index (Phi) is 4.70. The van der Waals surface area contributed by atoms with Gasteiger partial charge in [-0.1, -0.05) is 24.6 Å². The maximum absolute atomic E-state index is 10.00. The van der Waals surface area contributed by atoms with Gasteiger partial charge in [0.15, 0.2) is 5.41 Å². The van der Waals surface area contributed by atoms with Gasteiger partial charge in [0, 0.05) is 5.92 Å². The van der Waals surface area contributed by atoms with E-state index >= 15 is 0 Å². The Morgan fingerprint density at radius 1 is 1.12 bits per heavy atom. The van der Waals surface area contributed by atoms with E-state index in [9.17, 15) is 15.8 Å². The van der Waals surface area contributed by atoms with E-state index in [0.717, 1.165) is 36.8 Å². The number of benzene rings is 1. The number of fused-ring (bicyclic) bond motifs is 1. The molecule has 0 fully saturated rings. The third kappa shape index (κ3) is 2.52. The highest BCUT2D eigenvalue weighted by molar-refractivity contribution is 5.59. The number of rotatable bonds is 2. The summed E-state index contributed by atoms with van der Waals surface area (Å²) in [7, 11) is 1.59. The second-order valence-electron chi connectivity index (χ2n) is 6.73. The zero-order valence-electron chi connectivity index (χ0n) is 14.7. The summed E-state index contributed by atoms with van der Waals surface area (Å²) >= 11 is 0. The average Bonchev–Trinajstić information content (AvgIpc) is 2.94. The molecule has 5 heteroatoms. The highest BCUT2D eigenvalue weighted by Crippen LogP contribution is 2.55. The molecule has 1 aromatic rings. The summed E-state index contributed by atoms with van der Waals surface area (Å²) in [6.45, 7) is 0. The average molecular weight is 344 g/mol. The van der Waals surface area contributed by atoms with E-state index in [2.05, 4.69) is 24.3 Å². The van der Waals surface area contributed by atoms with Gasteiger partial charge in [-0.2, -0.15) is 15.8 Å². The Morgan fingerprint density at radius 2 is 1.81 bits per heavy atom. The maximum Gasteiger partial charge on any atom is 0.187 e. The van der Waals surface area contributed by atoms with Crippen LogP contribution in [0.2, 0.25) is 0 Å². The summed E-state index contributed by atoms with van der Waals surface area (Å²) in [6, 6.07) is 13.8. The highest BCUT2D eigenvalue weighted by Gasteiger charge is 2.53. The van der Waals surface area contributed by atoms with Gasteiger partial charge in [0.1, 0.15) is 5.75 Å². The lowest BCUT2D eigenvalue weighted by Gasteiger charge is -2.41. The molecule has 0 aliphatic heterocycles. The van der Waals surface area contributed by atoms with Gasteiger partial charge in [0.25, 0.3) is 0 Å². The van der Waals surface area contributed by atoms with Crippen LogP contribution in [-0.2, 0) is 0 Å². The van der Waals surface area contributed by atoms with Crippen molar-refractivity contribution in [3.05, 3.63) is 52.7 Å². The molecule has 0 heterocycles. The first kappa shape index (κ1) is 17.6. The molecule has 0 amide bonds. The van der Waals surface area contributed by atoms with E-state index in [1.165, 1.54) is 0 Å². The van der Waals surface area contributed by atoms with Crippen molar-refractivity contribution in [3.8, 4) is 24.0 Å². The van der Waals surface area contributed by atoms with Gasteiger partial charge in [-0.15, -0.1) is 0 Å². The Morgan fingerprint density at radius 3 is 2.38 bits per heavy atom. The van der Waals surface area contributed by atoms with Gasteiger partial charge in [-0.05, 0) is 48.4 Å². The van der Waals surface area contributed by atoms with Crippen LogP contribution >= 0.6 is 0 Å². The zero-order valence-corrected chi connectivity index (χ0v) is 14.7. The molecule has 26 heavy (non-hydrogen) atoms. The maximum atomic E-state index is 10.00. The molecule has 2 aliphatic rings.